The quantitative estimate of drug-likeness (QED) is 0.161. The molecule has 4 aromatic rings. The molecule has 0 aromatic heterocycles. The zero-order chi connectivity index (χ0) is 29.6. The number of phenolic OH excluding ortho intramolecular Hbond substituents is 2. The molecule has 1 aliphatic rings. The predicted octanol–water partition coefficient (Wildman–Crippen LogP) is 6.59. The normalized spacial score (nSPS) is 13.9. The number of aromatic hydroxyl groups is 2. The Morgan fingerprint density at radius 3 is 2.22 bits per heavy atom. The molecule has 41 heavy (non-hydrogen) atoms. The van der Waals surface area contributed by atoms with Gasteiger partial charge in [-0.3, -0.25) is 15.1 Å². The number of carbonyl (C=O) groups excluding carboxylic acids is 1. The maximum absolute atomic E-state index is 13.6. The minimum atomic E-state index is -4.66. The summed E-state index contributed by atoms with van der Waals surface area (Å²) in [6.45, 7) is 3.22. The number of carboxylic acid groups (broad SMARTS) is 1. The van der Waals surface area contributed by atoms with Crippen molar-refractivity contribution in [3.05, 3.63) is 101 Å². The molecule has 0 fully saturated rings. The van der Waals surface area contributed by atoms with E-state index in [9.17, 15) is 38.1 Å². The van der Waals surface area contributed by atoms with E-state index in [1.54, 1.807) is 32.0 Å². The lowest BCUT2D eigenvalue weighted by Crippen LogP contribution is -2.26. The van der Waals surface area contributed by atoms with E-state index in [2.05, 4.69) is 10.5 Å². The molecule has 4 N–H and O–H groups in total. The highest BCUT2D eigenvalue weighted by Gasteiger charge is 2.39. The van der Waals surface area contributed by atoms with Crippen LogP contribution in [0.15, 0.2) is 77.9 Å². The van der Waals surface area contributed by atoms with Crippen LogP contribution in [0.3, 0.4) is 0 Å². The van der Waals surface area contributed by atoms with Crippen LogP contribution in [0.1, 0.15) is 32.6 Å². The Morgan fingerprint density at radius 2 is 1.56 bits per heavy atom. The summed E-state index contributed by atoms with van der Waals surface area (Å²) >= 11 is 0. The Hall–Kier alpha value is -5.32. The topological polar surface area (TPSA) is 122 Å². The average Bonchev–Trinajstić information content (AvgIpc) is 3.20. The summed E-state index contributed by atoms with van der Waals surface area (Å²) in [5, 5.41) is 34.6. The predicted molar refractivity (Wildman–Crippen MR) is 147 cm³/mol. The van der Waals surface area contributed by atoms with Crippen LogP contribution in [-0.2, 0) is 11.0 Å². The standard InChI is InChI=1S/C30H22F3N3O5/c1-15-11-20(12-16(2)26(15)37)36-24-14-19(30(31,32)33)9-10-22(24)25(28(36)39)35-34-23-8-4-7-21(27(23)38)17-5-3-6-18(13-17)29(40)41/h3-14,34,37-38H,1-2H3,(H,40,41)/b35-25-. The van der Waals surface area contributed by atoms with Gasteiger partial charge in [0.15, 0.2) is 5.71 Å². The van der Waals surface area contributed by atoms with Gasteiger partial charge in [0.25, 0.3) is 5.91 Å². The number of phenols is 2. The highest BCUT2D eigenvalue weighted by Crippen LogP contribution is 2.42. The first kappa shape index (κ1) is 27.3. The molecule has 1 amide bonds. The van der Waals surface area contributed by atoms with Crippen molar-refractivity contribution in [2.45, 2.75) is 20.0 Å². The van der Waals surface area contributed by atoms with Crippen LogP contribution in [0.2, 0.25) is 0 Å². The number of para-hydroxylation sites is 1. The van der Waals surface area contributed by atoms with Gasteiger partial charge in [0, 0.05) is 11.1 Å². The molecule has 5 rings (SSSR count). The smallest absolute Gasteiger partial charge is 0.416 e. The van der Waals surface area contributed by atoms with Gasteiger partial charge in [-0.1, -0.05) is 24.3 Å². The number of rotatable bonds is 5. The van der Waals surface area contributed by atoms with E-state index in [1.807, 2.05) is 0 Å². The summed E-state index contributed by atoms with van der Waals surface area (Å²) in [5.41, 5.74) is 3.48. The molecule has 0 unspecified atom stereocenters. The average molecular weight is 562 g/mol. The monoisotopic (exact) mass is 561 g/mol. The second-order valence-electron chi connectivity index (χ2n) is 9.46. The van der Waals surface area contributed by atoms with Gasteiger partial charge in [0.2, 0.25) is 0 Å². The number of hydrogen-bond donors (Lipinski definition) is 4. The number of anilines is 3. The van der Waals surface area contributed by atoms with Crippen LogP contribution in [-0.4, -0.2) is 32.9 Å². The molecule has 1 heterocycles. The molecule has 0 spiro atoms. The van der Waals surface area contributed by atoms with Crippen LogP contribution in [0, 0.1) is 13.8 Å². The molecule has 0 saturated heterocycles. The molecule has 11 heteroatoms. The number of aryl methyl sites for hydroxylation is 2. The highest BCUT2D eigenvalue weighted by molar-refractivity contribution is 6.55. The summed E-state index contributed by atoms with van der Waals surface area (Å²) in [7, 11) is 0. The van der Waals surface area contributed by atoms with Gasteiger partial charge in [-0.15, -0.1) is 0 Å². The molecular weight excluding hydrogens is 539 g/mol. The van der Waals surface area contributed by atoms with Crippen molar-refractivity contribution in [3.63, 3.8) is 0 Å². The largest absolute Gasteiger partial charge is 0.507 e. The molecule has 0 bridgehead atoms. The molecular formula is C30H22F3N3O5. The molecule has 0 saturated carbocycles. The van der Waals surface area contributed by atoms with E-state index in [0.717, 1.165) is 23.1 Å². The summed E-state index contributed by atoms with van der Waals surface area (Å²) in [4.78, 5) is 26.1. The van der Waals surface area contributed by atoms with Crippen molar-refractivity contribution in [2.24, 2.45) is 5.10 Å². The molecule has 8 nitrogen and oxygen atoms in total. The number of hydrazone groups is 1. The summed E-state index contributed by atoms with van der Waals surface area (Å²) in [6.07, 6.45) is -4.66. The first-order chi connectivity index (χ1) is 19.4. The Morgan fingerprint density at radius 1 is 0.878 bits per heavy atom. The zero-order valence-electron chi connectivity index (χ0n) is 21.6. The Kier molecular flexibility index (Phi) is 6.66. The number of benzene rings is 4. The summed E-state index contributed by atoms with van der Waals surface area (Å²) < 4.78 is 40.7. The molecule has 0 aliphatic carbocycles. The highest BCUT2D eigenvalue weighted by atomic mass is 19.4. The lowest BCUT2D eigenvalue weighted by Gasteiger charge is -2.20. The summed E-state index contributed by atoms with van der Waals surface area (Å²) in [6, 6.07) is 16.4. The van der Waals surface area contributed by atoms with Gasteiger partial charge in [-0.05, 0) is 79.1 Å². The van der Waals surface area contributed by atoms with Crippen molar-refractivity contribution >= 4 is 34.7 Å². The van der Waals surface area contributed by atoms with Crippen molar-refractivity contribution in [3.8, 4) is 22.6 Å². The minimum Gasteiger partial charge on any atom is -0.507 e. The third kappa shape index (κ3) is 4.93. The first-order valence-corrected chi connectivity index (χ1v) is 12.2. The van der Waals surface area contributed by atoms with E-state index in [-0.39, 0.29) is 45.4 Å². The van der Waals surface area contributed by atoms with Crippen LogP contribution < -0.4 is 10.3 Å². The maximum Gasteiger partial charge on any atom is 0.416 e. The molecule has 1 aliphatic heterocycles. The number of carboxylic acids is 1. The van der Waals surface area contributed by atoms with Crippen LogP contribution >= 0.6 is 0 Å². The van der Waals surface area contributed by atoms with E-state index >= 15 is 0 Å². The van der Waals surface area contributed by atoms with Crippen LogP contribution in [0.4, 0.5) is 30.2 Å². The van der Waals surface area contributed by atoms with E-state index in [0.29, 0.717) is 22.3 Å². The molecule has 4 aromatic carbocycles. The van der Waals surface area contributed by atoms with Gasteiger partial charge in [-0.2, -0.15) is 18.3 Å². The van der Waals surface area contributed by atoms with Crippen LogP contribution in [0.25, 0.3) is 11.1 Å². The number of halogens is 3. The first-order valence-electron chi connectivity index (χ1n) is 12.2. The lowest BCUT2D eigenvalue weighted by atomic mass is 10.0. The van der Waals surface area contributed by atoms with Crippen molar-refractivity contribution in [1.29, 1.82) is 0 Å². The number of nitrogens with one attached hydrogen (secondary N) is 1. The molecule has 208 valence electrons. The minimum absolute atomic E-state index is 0.00414. The van der Waals surface area contributed by atoms with Crippen LogP contribution in [0.5, 0.6) is 11.5 Å². The molecule has 0 radical (unpaired) electrons. The van der Waals surface area contributed by atoms with Crippen molar-refractivity contribution in [2.75, 3.05) is 10.3 Å². The third-order valence-corrected chi connectivity index (χ3v) is 6.71. The van der Waals surface area contributed by atoms with Gasteiger partial charge >= 0.3 is 12.1 Å². The number of aromatic carboxylic acids is 1. The number of carbonyl (C=O) groups is 2. The zero-order valence-corrected chi connectivity index (χ0v) is 21.6. The second-order valence-corrected chi connectivity index (χ2v) is 9.46. The summed E-state index contributed by atoms with van der Waals surface area (Å²) in [5.74, 6) is -2.13. The van der Waals surface area contributed by atoms with Gasteiger partial charge in [0.1, 0.15) is 11.5 Å². The Bertz CT molecular complexity index is 1740. The number of nitrogens with zero attached hydrogens (tertiary/aromatic N) is 2. The van der Waals surface area contributed by atoms with Gasteiger partial charge < -0.3 is 15.3 Å². The fourth-order valence-corrected chi connectivity index (χ4v) is 4.65. The van der Waals surface area contributed by atoms with Crippen molar-refractivity contribution in [1.82, 2.24) is 0 Å². The third-order valence-electron chi connectivity index (χ3n) is 6.71. The number of alkyl halides is 3. The lowest BCUT2D eigenvalue weighted by molar-refractivity contribution is -0.137. The van der Waals surface area contributed by atoms with Gasteiger partial charge in [0.05, 0.1) is 28.2 Å². The SMILES string of the molecule is Cc1cc(N2C(=O)/C(=N\Nc3cccc(-c4cccc(C(=O)O)c4)c3O)c3ccc(C(F)(F)F)cc32)cc(C)c1O. The number of hydrogen-bond acceptors (Lipinski definition) is 6. The number of amides is 1. The second kappa shape index (κ2) is 10.0. The van der Waals surface area contributed by atoms with E-state index < -0.39 is 23.6 Å². The van der Waals surface area contributed by atoms with Gasteiger partial charge in [-0.25, -0.2) is 4.79 Å². The van der Waals surface area contributed by atoms with Crippen molar-refractivity contribution < 1.29 is 38.1 Å². The fourth-order valence-electron chi connectivity index (χ4n) is 4.65. The Labute approximate surface area is 231 Å². The molecule has 0 atom stereocenters. The van der Waals surface area contributed by atoms with E-state index in [4.69, 9.17) is 0 Å². The fraction of sp³-hybridized carbons (Fsp3) is 0.100. The number of fused-ring (bicyclic) bond motifs is 1. The maximum atomic E-state index is 13.6. The Balaban J connectivity index is 1.58. The van der Waals surface area contributed by atoms with E-state index in [1.165, 1.54) is 36.4 Å².